The largest absolute Gasteiger partial charge is 0.392 e. The van der Waals surface area contributed by atoms with Gasteiger partial charge in [0.15, 0.2) is 0 Å². The molecular formula is C7H17NO2. The van der Waals surface area contributed by atoms with Crippen LogP contribution in [0.5, 0.6) is 0 Å². The first-order chi connectivity index (χ1) is 4.70. The molecule has 0 saturated heterocycles. The molecule has 1 unspecified atom stereocenters. The normalized spacial score (nSPS) is 14.1. The van der Waals surface area contributed by atoms with Crippen LogP contribution >= 0.6 is 0 Å². The molecule has 0 saturated carbocycles. The molecule has 0 spiro atoms. The molecule has 0 heterocycles. The summed E-state index contributed by atoms with van der Waals surface area (Å²) in [5.41, 5.74) is 0. The van der Waals surface area contributed by atoms with Crippen LogP contribution < -0.4 is 0 Å². The molecule has 0 aromatic carbocycles. The van der Waals surface area contributed by atoms with Crippen molar-refractivity contribution in [2.24, 2.45) is 0 Å². The van der Waals surface area contributed by atoms with E-state index in [4.69, 9.17) is 9.94 Å². The van der Waals surface area contributed by atoms with Crippen molar-refractivity contribution in [1.29, 1.82) is 0 Å². The number of hydroxylamine groups is 2. The second-order valence-electron chi connectivity index (χ2n) is 2.29. The number of nitrogens with zero attached hydrogens (tertiary/aromatic N) is 1. The summed E-state index contributed by atoms with van der Waals surface area (Å²) in [5, 5.41) is 10.8. The summed E-state index contributed by atoms with van der Waals surface area (Å²) >= 11 is 0. The smallest absolute Gasteiger partial charge is 0.0687 e. The minimum absolute atomic E-state index is 0.267. The first kappa shape index (κ1) is 9.88. The topological polar surface area (TPSA) is 32.7 Å². The van der Waals surface area contributed by atoms with Crippen molar-refractivity contribution in [2.45, 2.75) is 26.4 Å². The van der Waals surface area contributed by atoms with Crippen molar-refractivity contribution in [2.75, 3.05) is 20.2 Å². The average molecular weight is 147 g/mol. The van der Waals surface area contributed by atoms with Crippen LogP contribution in [0, 0.1) is 0 Å². The molecule has 0 aromatic heterocycles. The third-order valence-corrected chi connectivity index (χ3v) is 1.29. The predicted molar refractivity (Wildman–Crippen MR) is 40.6 cm³/mol. The summed E-state index contributed by atoms with van der Waals surface area (Å²) in [4.78, 5) is 5.09. The Morgan fingerprint density at radius 2 is 2.10 bits per heavy atom. The fourth-order valence-electron chi connectivity index (χ4n) is 0.699. The highest BCUT2D eigenvalue weighted by Crippen LogP contribution is 1.93. The fourth-order valence-corrected chi connectivity index (χ4v) is 0.699. The highest BCUT2D eigenvalue weighted by molar-refractivity contribution is 4.52. The van der Waals surface area contributed by atoms with E-state index in [1.54, 1.807) is 5.06 Å². The van der Waals surface area contributed by atoms with Gasteiger partial charge in [-0.3, -0.25) is 4.84 Å². The van der Waals surface area contributed by atoms with Gasteiger partial charge in [-0.15, -0.1) is 0 Å². The van der Waals surface area contributed by atoms with Crippen LogP contribution in [0.1, 0.15) is 20.3 Å². The summed E-state index contributed by atoms with van der Waals surface area (Å²) in [5.74, 6) is 0. The highest BCUT2D eigenvalue weighted by Gasteiger charge is 2.04. The molecule has 1 N–H and O–H groups in total. The van der Waals surface area contributed by atoms with Gasteiger partial charge in [-0.1, -0.05) is 6.92 Å². The van der Waals surface area contributed by atoms with Crippen molar-refractivity contribution in [3.8, 4) is 0 Å². The molecule has 1 atom stereocenters. The molecule has 0 bridgehead atoms. The third-order valence-electron chi connectivity index (χ3n) is 1.29. The van der Waals surface area contributed by atoms with Gasteiger partial charge in [0.1, 0.15) is 0 Å². The molecule has 0 aliphatic heterocycles. The van der Waals surface area contributed by atoms with E-state index in [2.05, 4.69) is 0 Å². The van der Waals surface area contributed by atoms with E-state index in [0.717, 1.165) is 6.42 Å². The molecular weight excluding hydrogens is 130 g/mol. The van der Waals surface area contributed by atoms with Gasteiger partial charge in [0.25, 0.3) is 0 Å². The lowest BCUT2D eigenvalue weighted by Crippen LogP contribution is -2.28. The Hall–Kier alpha value is -0.120. The van der Waals surface area contributed by atoms with E-state index in [9.17, 15) is 0 Å². The number of rotatable bonds is 5. The standard InChI is InChI=1S/C7H17NO2/c1-4-7(9)6-8(3)10-5-2/h7,9H,4-6H2,1-3H3. The first-order valence-corrected chi connectivity index (χ1v) is 3.72. The van der Waals surface area contributed by atoms with Crippen molar-refractivity contribution in [3.05, 3.63) is 0 Å². The lowest BCUT2D eigenvalue weighted by molar-refractivity contribution is -0.150. The summed E-state index contributed by atoms with van der Waals surface area (Å²) in [6.07, 6.45) is 0.508. The second kappa shape index (κ2) is 5.65. The fraction of sp³-hybridized carbons (Fsp3) is 1.00. The zero-order chi connectivity index (χ0) is 7.98. The van der Waals surface area contributed by atoms with Crippen molar-refractivity contribution < 1.29 is 9.94 Å². The van der Waals surface area contributed by atoms with Crippen LogP contribution in [-0.2, 0) is 4.84 Å². The number of likely N-dealkylation sites (N-methyl/N-ethyl adjacent to an activating group) is 1. The van der Waals surface area contributed by atoms with E-state index < -0.39 is 0 Å². The van der Waals surface area contributed by atoms with Crippen LogP contribution in [-0.4, -0.2) is 36.5 Å². The van der Waals surface area contributed by atoms with Gasteiger partial charge in [0.05, 0.1) is 12.7 Å². The maximum absolute atomic E-state index is 9.13. The van der Waals surface area contributed by atoms with E-state index >= 15 is 0 Å². The van der Waals surface area contributed by atoms with Gasteiger partial charge in [0.2, 0.25) is 0 Å². The number of hydrogen-bond donors (Lipinski definition) is 1. The van der Waals surface area contributed by atoms with Crippen LogP contribution in [0.3, 0.4) is 0 Å². The van der Waals surface area contributed by atoms with Crippen molar-refractivity contribution in [1.82, 2.24) is 5.06 Å². The minimum atomic E-state index is -0.267. The van der Waals surface area contributed by atoms with E-state index in [-0.39, 0.29) is 6.10 Å². The molecule has 62 valence electrons. The van der Waals surface area contributed by atoms with Crippen LogP contribution in [0.2, 0.25) is 0 Å². The highest BCUT2D eigenvalue weighted by atomic mass is 16.7. The van der Waals surface area contributed by atoms with Gasteiger partial charge in [-0.25, -0.2) is 0 Å². The van der Waals surface area contributed by atoms with Crippen LogP contribution in [0.15, 0.2) is 0 Å². The average Bonchev–Trinajstić information content (AvgIpc) is 1.88. The maximum atomic E-state index is 9.13. The van der Waals surface area contributed by atoms with Gasteiger partial charge in [-0.2, -0.15) is 5.06 Å². The Morgan fingerprint density at radius 1 is 1.50 bits per heavy atom. The zero-order valence-corrected chi connectivity index (χ0v) is 7.00. The minimum Gasteiger partial charge on any atom is -0.392 e. The van der Waals surface area contributed by atoms with Crippen molar-refractivity contribution >= 4 is 0 Å². The molecule has 0 aliphatic rings. The summed E-state index contributed by atoms with van der Waals surface area (Å²) in [6.45, 7) is 5.12. The van der Waals surface area contributed by atoms with E-state index in [0.29, 0.717) is 13.2 Å². The Bertz CT molecular complexity index is 78.0. The lowest BCUT2D eigenvalue weighted by Gasteiger charge is -2.17. The number of hydrogen-bond acceptors (Lipinski definition) is 3. The van der Waals surface area contributed by atoms with Gasteiger partial charge < -0.3 is 5.11 Å². The molecule has 3 heteroatoms. The molecule has 0 amide bonds. The predicted octanol–water partition coefficient (Wildman–Crippen LogP) is 0.641. The van der Waals surface area contributed by atoms with Gasteiger partial charge >= 0.3 is 0 Å². The number of aliphatic hydroxyl groups excluding tert-OH is 1. The molecule has 0 radical (unpaired) electrons. The molecule has 0 fully saturated rings. The molecule has 0 aliphatic carbocycles. The zero-order valence-electron chi connectivity index (χ0n) is 7.00. The summed E-state index contributed by atoms with van der Waals surface area (Å²) < 4.78 is 0. The van der Waals surface area contributed by atoms with Crippen LogP contribution in [0.25, 0.3) is 0 Å². The van der Waals surface area contributed by atoms with Gasteiger partial charge in [-0.05, 0) is 13.3 Å². The second-order valence-corrected chi connectivity index (χ2v) is 2.29. The van der Waals surface area contributed by atoms with Gasteiger partial charge in [0, 0.05) is 13.6 Å². The Balaban J connectivity index is 3.27. The maximum Gasteiger partial charge on any atom is 0.0687 e. The van der Waals surface area contributed by atoms with E-state index in [1.165, 1.54) is 0 Å². The number of aliphatic hydroxyl groups is 1. The Morgan fingerprint density at radius 3 is 2.50 bits per heavy atom. The molecule has 0 rings (SSSR count). The summed E-state index contributed by atoms with van der Waals surface area (Å²) in [6, 6.07) is 0. The quantitative estimate of drug-likeness (QED) is 0.579. The van der Waals surface area contributed by atoms with Crippen LogP contribution in [0.4, 0.5) is 0 Å². The molecule has 10 heavy (non-hydrogen) atoms. The Labute approximate surface area is 62.6 Å². The van der Waals surface area contributed by atoms with E-state index in [1.807, 2.05) is 20.9 Å². The third kappa shape index (κ3) is 4.73. The molecule has 3 nitrogen and oxygen atoms in total. The lowest BCUT2D eigenvalue weighted by atomic mass is 10.3. The Kier molecular flexibility index (Phi) is 5.58. The summed E-state index contributed by atoms with van der Waals surface area (Å²) in [7, 11) is 1.82. The van der Waals surface area contributed by atoms with Crippen molar-refractivity contribution in [3.63, 3.8) is 0 Å². The SMILES string of the molecule is CCON(C)CC(O)CC. The molecule has 0 aromatic rings. The first-order valence-electron chi connectivity index (χ1n) is 3.72. The monoisotopic (exact) mass is 147 g/mol.